The molecule has 1 unspecified atom stereocenters. The molecule has 0 spiro atoms. The summed E-state index contributed by atoms with van der Waals surface area (Å²) in [5, 5.41) is 4.58. The predicted molar refractivity (Wildman–Crippen MR) is 87.2 cm³/mol. The topological polar surface area (TPSA) is 64.4 Å². The van der Waals surface area contributed by atoms with Gasteiger partial charge in [-0.15, -0.1) is 11.3 Å². The lowest BCUT2D eigenvalue weighted by molar-refractivity contribution is 0.0274. The first-order chi connectivity index (χ1) is 9.98. The Hall–Kier alpha value is -1.30. The minimum Gasteiger partial charge on any atom is -0.397 e. The summed E-state index contributed by atoms with van der Waals surface area (Å²) in [5.41, 5.74) is 6.31. The molecule has 1 fully saturated rings. The van der Waals surface area contributed by atoms with E-state index in [1.165, 1.54) is 11.3 Å². The highest BCUT2D eigenvalue weighted by molar-refractivity contribution is 7.21. The van der Waals surface area contributed by atoms with Crippen molar-refractivity contribution in [1.82, 2.24) is 5.32 Å². The van der Waals surface area contributed by atoms with E-state index in [4.69, 9.17) is 22.1 Å². The summed E-state index contributed by atoms with van der Waals surface area (Å²) in [6.07, 6.45) is 1.86. The van der Waals surface area contributed by atoms with Crippen LogP contribution in [0.4, 0.5) is 5.69 Å². The molecule has 1 aliphatic heterocycles. The Morgan fingerprint density at radius 2 is 2.33 bits per heavy atom. The standard InChI is InChI=1S/C15H17ClN2O2S/c1-15(5-2-6-20-8-15)18-14(19)13-12(17)10-4-3-9(16)7-11(10)21-13/h3-4,7H,2,5-6,8,17H2,1H3,(H,18,19). The Bertz CT molecular complexity index is 692. The second kappa shape index (κ2) is 5.48. The summed E-state index contributed by atoms with van der Waals surface area (Å²) in [5.74, 6) is -0.141. The molecule has 1 aromatic carbocycles. The van der Waals surface area contributed by atoms with Crippen LogP contribution in [0, 0.1) is 0 Å². The highest BCUT2D eigenvalue weighted by atomic mass is 35.5. The van der Waals surface area contributed by atoms with Crippen LogP contribution < -0.4 is 11.1 Å². The molecule has 112 valence electrons. The third kappa shape index (κ3) is 2.86. The van der Waals surface area contributed by atoms with Gasteiger partial charge in [0, 0.05) is 21.7 Å². The van der Waals surface area contributed by atoms with Gasteiger partial charge in [-0.25, -0.2) is 0 Å². The van der Waals surface area contributed by atoms with Crippen LogP contribution in [0.25, 0.3) is 10.1 Å². The first-order valence-corrected chi connectivity index (χ1v) is 8.06. The van der Waals surface area contributed by atoms with E-state index in [0.29, 0.717) is 22.2 Å². The second-order valence-electron chi connectivity index (χ2n) is 5.66. The summed E-state index contributed by atoms with van der Waals surface area (Å²) in [6, 6.07) is 5.47. The number of hydrogen-bond acceptors (Lipinski definition) is 4. The van der Waals surface area contributed by atoms with Gasteiger partial charge in [-0.3, -0.25) is 4.79 Å². The summed E-state index contributed by atoms with van der Waals surface area (Å²) in [4.78, 5) is 13.1. The molecular weight excluding hydrogens is 308 g/mol. The van der Waals surface area contributed by atoms with E-state index in [9.17, 15) is 4.79 Å². The maximum atomic E-state index is 12.5. The quantitative estimate of drug-likeness (QED) is 0.889. The van der Waals surface area contributed by atoms with Crippen molar-refractivity contribution in [3.8, 4) is 0 Å². The van der Waals surface area contributed by atoms with Gasteiger partial charge >= 0.3 is 0 Å². The number of nitrogens with two attached hydrogens (primary N) is 1. The first kappa shape index (κ1) is 14.6. The first-order valence-electron chi connectivity index (χ1n) is 6.86. The molecule has 3 rings (SSSR count). The van der Waals surface area contributed by atoms with E-state index >= 15 is 0 Å². The van der Waals surface area contributed by atoms with Crippen molar-refractivity contribution in [2.45, 2.75) is 25.3 Å². The molecule has 4 nitrogen and oxygen atoms in total. The van der Waals surface area contributed by atoms with Gasteiger partial charge < -0.3 is 15.8 Å². The van der Waals surface area contributed by atoms with E-state index < -0.39 is 0 Å². The molecule has 2 heterocycles. The fraction of sp³-hybridized carbons (Fsp3) is 0.400. The molecule has 2 aromatic rings. The van der Waals surface area contributed by atoms with Gasteiger partial charge in [-0.05, 0) is 38.0 Å². The maximum Gasteiger partial charge on any atom is 0.264 e. The third-order valence-electron chi connectivity index (χ3n) is 3.75. The number of benzene rings is 1. The molecule has 1 saturated heterocycles. The van der Waals surface area contributed by atoms with Crippen LogP contribution in [0.1, 0.15) is 29.4 Å². The van der Waals surface area contributed by atoms with Gasteiger partial charge in [0.15, 0.2) is 0 Å². The number of carbonyl (C=O) groups excluding carboxylic acids is 1. The molecule has 1 atom stereocenters. The lowest BCUT2D eigenvalue weighted by Gasteiger charge is -2.34. The van der Waals surface area contributed by atoms with Gasteiger partial charge in [0.2, 0.25) is 0 Å². The highest BCUT2D eigenvalue weighted by Crippen LogP contribution is 2.35. The van der Waals surface area contributed by atoms with Crippen LogP contribution in [0.5, 0.6) is 0 Å². The lowest BCUT2D eigenvalue weighted by Crippen LogP contribution is -2.51. The Labute approximate surface area is 132 Å². The molecule has 0 aliphatic carbocycles. The Morgan fingerprint density at radius 3 is 3.05 bits per heavy atom. The summed E-state index contributed by atoms with van der Waals surface area (Å²) >= 11 is 7.36. The Morgan fingerprint density at radius 1 is 1.52 bits per heavy atom. The van der Waals surface area contributed by atoms with E-state index in [0.717, 1.165) is 29.5 Å². The van der Waals surface area contributed by atoms with Crippen LogP contribution in [0.3, 0.4) is 0 Å². The number of anilines is 1. The zero-order valence-corrected chi connectivity index (χ0v) is 13.3. The van der Waals surface area contributed by atoms with Gasteiger partial charge in [-0.2, -0.15) is 0 Å². The van der Waals surface area contributed by atoms with Crippen molar-refractivity contribution in [3.63, 3.8) is 0 Å². The van der Waals surface area contributed by atoms with Crippen LogP contribution in [-0.2, 0) is 4.74 Å². The molecule has 6 heteroatoms. The minimum atomic E-state index is -0.324. The second-order valence-corrected chi connectivity index (χ2v) is 7.14. The van der Waals surface area contributed by atoms with Gasteiger partial charge in [-0.1, -0.05) is 11.6 Å². The van der Waals surface area contributed by atoms with Crippen LogP contribution >= 0.6 is 22.9 Å². The molecule has 0 saturated carbocycles. The number of halogens is 1. The number of fused-ring (bicyclic) bond motifs is 1. The fourth-order valence-corrected chi connectivity index (χ4v) is 3.92. The Balaban J connectivity index is 1.89. The largest absolute Gasteiger partial charge is 0.397 e. The molecule has 0 bridgehead atoms. The average Bonchev–Trinajstić information content (AvgIpc) is 2.76. The van der Waals surface area contributed by atoms with Crippen molar-refractivity contribution < 1.29 is 9.53 Å². The zero-order chi connectivity index (χ0) is 15.0. The van der Waals surface area contributed by atoms with Crippen LogP contribution in [0.15, 0.2) is 18.2 Å². The average molecular weight is 325 g/mol. The van der Waals surface area contributed by atoms with Gasteiger partial charge in [0.1, 0.15) is 4.88 Å². The normalized spacial score (nSPS) is 22.4. The van der Waals surface area contributed by atoms with Gasteiger partial charge in [0.05, 0.1) is 17.8 Å². The van der Waals surface area contributed by atoms with Crippen molar-refractivity contribution in [2.75, 3.05) is 18.9 Å². The zero-order valence-electron chi connectivity index (χ0n) is 11.7. The number of nitrogens with one attached hydrogen (secondary N) is 1. The molecule has 1 aromatic heterocycles. The van der Waals surface area contributed by atoms with Crippen molar-refractivity contribution in [2.24, 2.45) is 0 Å². The molecule has 21 heavy (non-hydrogen) atoms. The van der Waals surface area contributed by atoms with E-state index in [-0.39, 0.29) is 11.4 Å². The van der Waals surface area contributed by atoms with Crippen LogP contribution in [0.2, 0.25) is 5.02 Å². The smallest absolute Gasteiger partial charge is 0.264 e. The molecule has 1 aliphatic rings. The van der Waals surface area contributed by atoms with E-state index in [1.54, 1.807) is 6.07 Å². The van der Waals surface area contributed by atoms with Gasteiger partial charge in [0.25, 0.3) is 5.91 Å². The molecule has 0 radical (unpaired) electrons. The Kier molecular flexibility index (Phi) is 3.82. The lowest BCUT2D eigenvalue weighted by atomic mass is 9.95. The summed E-state index contributed by atoms with van der Waals surface area (Å²) in [7, 11) is 0. The monoisotopic (exact) mass is 324 g/mol. The molecule has 1 amide bonds. The van der Waals surface area contributed by atoms with E-state index in [2.05, 4.69) is 5.32 Å². The number of nitrogen functional groups attached to an aromatic ring is 1. The SMILES string of the molecule is CC1(NC(=O)c2sc3cc(Cl)ccc3c2N)CCCOC1. The van der Waals surface area contributed by atoms with Crippen molar-refractivity contribution >= 4 is 44.6 Å². The number of thiophene rings is 1. The number of carbonyl (C=O) groups is 1. The maximum absolute atomic E-state index is 12.5. The molecular formula is C15H17ClN2O2S. The highest BCUT2D eigenvalue weighted by Gasteiger charge is 2.31. The van der Waals surface area contributed by atoms with E-state index in [1.807, 2.05) is 19.1 Å². The molecule has 3 N–H and O–H groups in total. The number of amides is 1. The third-order valence-corrected chi connectivity index (χ3v) is 5.15. The van der Waals surface area contributed by atoms with Crippen molar-refractivity contribution in [1.29, 1.82) is 0 Å². The summed E-state index contributed by atoms with van der Waals surface area (Å²) in [6.45, 7) is 3.30. The summed E-state index contributed by atoms with van der Waals surface area (Å²) < 4.78 is 6.39. The van der Waals surface area contributed by atoms with Crippen LogP contribution in [-0.4, -0.2) is 24.7 Å². The van der Waals surface area contributed by atoms with Crippen molar-refractivity contribution in [3.05, 3.63) is 28.1 Å². The minimum absolute atomic E-state index is 0.141. The number of hydrogen-bond donors (Lipinski definition) is 2. The number of rotatable bonds is 2. The predicted octanol–water partition coefficient (Wildman–Crippen LogP) is 3.44. The fourth-order valence-electron chi connectivity index (χ4n) is 2.62. The number of ether oxygens (including phenoxy) is 1.